The van der Waals surface area contributed by atoms with Crippen molar-refractivity contribution in [2.45, 2.75) is 82.2 Å². The number of methoxy groups -OCH3 is 1. The third kappa shape index (κ3) is 8.42. The van der Waals surface area contributed by atoms with Gasteiger partial charge in [0.15, 0.2) is 0 Å². The quantitative estimate of drug-likeness (QED) is 0.342. The van der Waals surface area contributed by atoms with Gasteiger partial charge >= 0.3 is 0 Å². The number of ether oxygens (including phenoxy) is 1. The fourth-order valence-corrected chi connectivity index (χ4v) is 6.95. The van der Waals surface area contributed by atoms with Gasteiger partial charge in [0.2, 0.25) is 21.8 Å². The molecule has 1 aliphatic heterocycles. The highest BCUT2D eigenvalue weighted by Gasteiger charge is 2.28. The van der Waals surface area contributed by atoms with Crippen LogP contribution in [-0.2, 0) is 32.6 Å². The predicted octanol–water partition coefficient (Wildman–Crippen LogP) is 4.84. The maximum absolute atomic E-state index is 13.5. The Hall–Kier alpha value is -3.17. The van der Waals surface area contributed by atoms with Gasteiger partial charge in [0, 0.05) is 32.6 Å². The molecule has 1 atom stereocenters. The normalized spacial score (nSPS) is 16.6. The first kappa shape index (κ1) is 30.8. The molecule has 2 aromatic rings. The molecule has 1 heterocycles. The average Bonchev–Trinajstić information content (AvgIpc) is 3.56. The van der Waals surface area contributed by atoms with Gasteiger partial charge in [-0.1, -0.05) is 35.9 Å². The third-order valence-electron chi connectivity index (χ3n) is 8.06. The monoisotopic (exact) mass is 581 g/mol. The molecule has 4 rings (SSSR count). The second kappa shape index (κ2) is 14.6. The first-order chi connectivity index (χ1) is 19.8. The first-order valence-electron chi connectivity index (χ1n) is 14.7. The van der Waals surface area contributed by atoms with Crippen LogP contribution < -0.4 is 10.1 Å². The van der Waals surface area contributed by atoms with Crippen LogP contribution >= 0.6 is 0 Å². The molecule has 41 heavy (non-hydrogen) atoms. The highest BCUT2D eigenvalue weighted by Crippen LogP contribution is 2.22. The average molecular weight is 582 g/mol. The number of amides is 2. The molecule has 0 spiro atoms. The van der Waals surface area contributed by atoms with E-state index in [9.17, 15) is 18.0 Å². The Morgan fingerprint density at radius 3 is 2.27 bits per heavy atom. The van der Waals surface area contributed by atoms with E-state index >= 15 is 0 Å². The summed E-state index contributed by atoms with van der Waals surface area (Å²) in [6.07, 6.45) is 10.2. The van der Waals surface area contributed by atoms with E-state index in [1.54, 1.807) is 43.2 Å². The lowest BCUT2D eigenvalue weighted by Crippen LogP contribution is -2.47. The van der Waals surface area contributed by atoms with E-state index in [0.29, 0.717) is 32.6 Å². The predicted molar refractivity (Wildman–Crippen MR) is 160 cm³/mol. The molecule has 2 aromatic carbocycles. The fourth-order valence-electron chi connectivity index (χ4n) is 5.44. The van der Waals surface area contributed by atoms with Crippen molar-refractivity contribution in [1.82, 2.24) is 14.5 Å². The zero-order chi connectivity index (χ0) is 29.2. The van der Waals surface area contributed by atoms with Crippen molar-refractivity contribution in [3.8, 4) is 5.75 Å². The summed E-state index contributed by atoms with van der Waals surface area (Å²) in [5.74, 6) is 0.427. The van der Waals surface area contributed by atoms with Crippen molar-refractivity contribution in [2.24, 2.45) is 0 Å². The third-order valence-corrected chi connectivity index (χ3v) is 9.98. The van der Waals surface area contributed by atoms with Crippen molar-refractivity contribution < 1.29 is 22.7 Å². The van der Waals surface area contributed by atoms with Crippen LogP contribution in [0.2, 0.25) is 0 Å². The number of hydrogen-bond acceptors (Lipinski definition) is 5. The van der Waals surface area contributed by atoms with Gasteiger partial charge in [0.25, 0.3) is 0 Å². The second-order valence-electron chi connectivity index (χ2n) is 11.0. The lowest BCUT2D eigenvalue weighted by atomic mass is 9.97. The zero-order valence-corrected chi connectivity index (χ0v) is 25.1. The number of nitrogens with one attached hydrogen (secondary N) is 1. The van der Waals surface area contributed by atoms with Crippen molar-refractivity contribution in [3.05, 3.63) is 71.3 Å². The molecule has 2 aliphatic rings. The molecule has 1 unspecified atom stereocenters. The molecule has 2 amide bonds. The van der Waals surface area contributed by atoms with Gasteiger partial charge in [-0.15, -0.1) is 0 Å². The Balaban J connectivity index is 1.39. The second-order valence-corrected chi connectivity index (χ2v) is 12.9. The fraction of sp³-hybridized carbons (Fsp3) is 0.500. The molecule has 1 aliphatic carbocycles. The molecule has 0 aromatic heterocycles. The van der Waals surface area contributed by atoms with Crippen molar-refractivity contribution in [1.29, 1.82) is 0 Å². The number of allylic oxidation sites excluding steroid dienone is 1. The number of hydrogen-bond donors (Lipinski definition) is 1. The lowest BCUT2D eigenvalue weighted by Gasteiger charge is -2.29. The summed E-state index contributed by atoms with van der Waals surface area (Å²) in [4.78, 5) is 28.6. The maximum atomic E-state index is 13.5. The molecular weight excluding hydrogens is 538 g/mol. The van der Waals surface area contributed by atoms with E-state index < -0.39 is 16.1 Å². The maximum Gasteiger partial charge on any atom is 0.243 e. The van der Waals surface area contributed by atoms with E-state index in [0.717, 1.165) is 49.0 Å². The SMILES string of the molecule is COc1ccc(CN(C(=O)CCc2ccc(S(=O)(=O)N3CCCC3)cc2)C(C)C(=O)NCCC2=CCCCC2)cc1. The largest absolute Gasteiger partial charge is 0.497 e. The molecule has 9 heteroatoms. The van der Waals surface area contributed by atoms with Crippen LogP contribution in [0.25, 0.3) is 0 Å². The number of nitrogens with zero attached hydrogens (tertiary/aromatic N) is 2. The summed E-state index contributed by atoms with van der Waals surface area (Å²) in [6, 6.07) is 13.7. The topological polar surface area (TPSA) is 96.0 Å². The minimum atomic E-state index is -3.47. The van der Waals surface area contributed by atoms with E-state index in [1.807, 2.05) is 24.3 Å². The molecule has 8 nitrogen and oxygen atoms in total. The van der Waals surface area contributed by atoms with Gasteiger partial charge in [0.1, 0.15) is 11.8 Å². The summed E-state index contributed by atoms with van der Waals surface area (Å²) in [7, 11) is -1.87. The number of carbonyl (C=O) groups is 2. The van der Waals surface area contributed by atoms with E-state index in [1.165, 1.54) is 22.7 Å². The van der Waals surface area contributed by atoms with Crippen molar-refractivity contribution in [2.75, 3.05) is 26.7 Å². The molecule has 222 valence electrons. The van der Waals surface area contributed by atoms with Gasteiger partial charge < -0.3 is 15.0 Å². The van der Waals surface area contributed by atoms with Crippen molar-refractivity contribution >= 4 is 21.8 Å². The summed E-state index contributed by atoms with van der Waals surface area (Å²) in [6.45, 7) is 3.76. The molecule has 1 N–H and O–H groups in total. The van der Waals surface area contributed by atoms with E-state index in [-0.39, 0.29) is 23.1 Å². The summed E-state index contributed by atoms with van der Waals surface area (Å²) in [5.41, 5.74) is 3.18. The zero-order valence-electron chi connectivity index (χ0n) is 24.3. The number of rotatable bonds is 13. The van der Waals surface area contributed by atoms with Crippen LogP contribution in [-0.4, -0.2) is 62.2 Å². The van der Waals surface area contributed by atoms with Crippen LogP contribution in [0.15, 0.2) is 65.1 Å². The Bertz CT molecular complexity index is 1300. The van der Waals surface area contributed by atoms with E-state index in [2.05, 4.69) is 11.4 Å². The molecule has 1 fully saturated rings. The van der Waals surface area contributed by atoms with Crippen LogP contribution in [0.3, 0.4) is 0 Å². The minimum Gasteiger partial charge on any atom is -0.497 e. The van der Waals surface area contributed by atoms with E-state index in [4.69, 9.17) is 4.74 Å². The van der Waals surface area contributed by atoms with Crippen LogP contribution in [0.5, 0.6) is 5.75 Å². The van der Waals surface area contributed by atoms with Gasteiger partial charge in [-0.25, -0.2) is 8.42 Å². The Kier molecular flexibility index (Phi) is 11.0. The standard InChI is InChI=1S/C32H43N3O5S/c1-25(32(37)33-21-20-26-8-4-3-5-9-26)35(24-28-10-15-29(40-2)16-11-28)31(36)19-14-27-12-17-30(18-13-27)41(38,39)34-22-6-7-23-34/h8,10-13,15-18,25H,3-7,9,14,19-24H2,1-2H3,(H,33,37). The summed E-state index contributed by atoms with van der Waals surface area (Å²) in [5, 5.41) is 3.03. The van der Waals surface area contributed by atoms with Gasteiger partial charge in [-0.3, -0.25) is 9.59 Å². The highest BCUT2D eigenvalue weighted by molar-refractivity contribution is 7.89. The Labute approximate surface area is 244 Å². The lowest BCUT2D eigenvalue weighted by molar-refractivity contribution is -0.140. The summed E-state index contributed by atoms with van der Waals surface area (Å²) >= 11 is 0. The smallest absolute Gasteiger partial charge is 0.243 e. The number of sulfonamides is 1. The molecule has 0 bridgehead atoms. The molecular formula is C32H43N3O5S. The highest BCUT2D eigenvalue weighted by atomic mass is 32.2. The van der Waals surface area contributed by atoms with Crippen molar-refractivity contribution in [3.63, 3.8) is 0 Å². The summed E-state index contributed by atoms with van der Waals surface area (Å²) < 4.78 is 32.5. The van der Waals surface area contributed by atoms with Gasteiger partial charge in [-0.05, 0) is 93.7 Å². The number of benzene rings is 2. The number of aryl methyl sites for hydroxylation is 1. The van der Waals surface area contributed by atoms with Gasteiger partial charge in [-0.2, -0.15) is 4.31 Å². The van der Waals surface area contributed by atoms with Crippen LogP contribution in [0.4, 0.5) is 0 Å². The van der Waals surface area contributed by atoms with Crippen LogP contribution in [0, 0.1) is 0 Å². The molecule has 0 radical (unpaired) electrons. The molecule has 0 saturated carbocycles. The number of carbonyl (C=O) groups excluding carboxylic acids is 2. The Morgan fingerprint density at radius 2 is 1.63 bits per heavy atom. The van der Waals surface area contributed by atoms with Gasteiger partial charge in [0.05, 0.1) is 12.0 Å². The van der Waals surface area contributed by atoms with Crippen LogP contribution in [0.1, 0.15) is 69.4 Å². The minimum absolute atomic E-state index is 0.132. The first-order valence-corrected chi connectivity index (χ1v) is 16.2. The Morgan fingerprint density at radius 1 is 0.951 bits per heavy atom. The molecule has 1 saturated heterocycles.